The van der Waals surface area contributed by atoms with Crippen LogP contribution in [0.5, 0.6) is 0 Å². The van der Waals surface area contributed by atoms with E-state index in [2.05, 4.69) is 6.07 Å². The van der Waals surface area contributed by atoms with Gasteiger partial charge in [-0.2, -0.15) is 5.10 Å². The van der Waals surface area contributed by atoms with Gasteiger partial charge in [0.25, 0.3) is 0 Å². The molecule has 24 heavy (non-hydrogen) atoms. The molecule has 3 heteroatoms. The SMILES string of the molecule is Fc1ccc(-n2nc(-c3ccccc3)cc2-c2ccccc2)cc1. The molecule has 2 nitrogen and oxygen atoms in total. The molecule has 1 aromatic heterocycles. The van der Waals surface area contributed by atoms with E-state index in [0.29, 0.717) is 0 Å². The fourth-order valence-corrected chi connectivity index (χ4v) is 2.72. The molecule has 0 saturated carbocycles. The third kappa shape index (κ3) is 2.72. The second kappa shape index (κ2) is 6.13. The molecular weight excluding hydrogens is 299 g/mol. The van der Waals surface area contributed by atoms with Crippen LogP contribution in [0, 0.1) is 5.82 Å². The van der Waals surface area contributed by atoms with Crippen molar-refractivity contribution in [2.45, 2.75) is 0 Å². The Hall–Kier alpha value is -3.20. The Labute approximate surface area is 139 Å². The zero-order valence-corrected chi connectivity index (χ0v) is 12.9. The molecule has 116 valence electrons. The van der Waals surface area contributed by atoms with E-state index < -0.39 is 0 Å². The lowest BCUT2D eigenvalue weighted by molar-refractivity contribution is 0.627. The highest BCUT2D eigenvalue weighted by Gasteiger charge is 2.12. The van der Waals surface area contributed by atoms with Gasteiger partial charge in [0.1, 0.15) is 5.82 Å². The van der Waals surface area contributed by atoms with Crippen molar-refractivity contribution in [2.75, 3.05) is 0 Å². The molecule has 0 bridgehead atoms. The molecule has 0 N–H and O–H groups in total. The fraction of sp³-hybridized carbons (Fsp3) is 0. The van der Waals surface area contributed by atoms with Crippen LogP contribution in [0.2, 0.25) is 0 Å². The molecule has 3 aromatic carbocycles. The van der Waals surface area contributed by atoms with E-state index in [1.54, 1.807) is 12.1 Å². The molecule has 0 spiro atoms. The lowest BCUT2D eigenvalue weighted by Crippen LogP contribution is -1.99. The molecule has 0 fully saturated rings. The number of hydrogen-bond acceptors (Lipinski definition) is 1. The van der Waals surface area contributed by atoms with Crippen molar-refractivity contribution in [3.63, 3.8) is 0 Å². The second-order valence-corrected chi connectivity index (χ2v) is 5.54. The molecule has 0 radical (unpaired) electrons. The Bertz CT molecular complexity index is 942. The van der Waals surface area contributed by atoms with Crippen LogP contribution in [0.25, 0.3) is 28.2 Å². The minimum Gasteiger partial charge on any atom is -0.232 e. The number of aromatic nitrogens is 2. The summed E-state index contributed by atoms with van der Waals surface area (Å²) in [6.07, 6.45) is 0. The zero-order valence-electron chi connectivity index (χ0n) is 12.9. The van der Waals surface area contributed by atoms with Gasteiger partial charge in [-0.25, -0.2) is 9.07 Å². The minimum atomic E-state index is -0.254. The van der Waals surface area contributed by atoms with Crippen molar-refractivity contribution in [1.82, 2.24) is 9.78 Å². The van der Waals surface area contributed by atoms with E-state index in [1.807, 2.05) is 65.3 Å². The molecular formula is C21H15FN2. The summed E-state index contributed by atoms with van der Waals surface area (Å²) >= 11 is 0. The molecule has 0 unspecified atom stereocenters. The number of hydrogen-bond donors (Lipinski definition) is 0. The maximum atomic E-state index is 13.3. The van der Waals surface area contributed by atoms with Crippen molar-refractivity contribution in [3.05, 3.63) is 96.8 Å². The van der Waals surface area contributed by atoms with Crippen LogP contribution in [0.3, 0.4) is 0 Å². The third-order valence-electron chi connectivity index (χ3n) is 3.92. The molecule has 4 rings (SSSR count). The van der Waals surface area contributed by atoms with Crippen molar-refractivity contribution in [1.29, 1.82) is 0 Å². The Morgan fingerprint density at radius 2 is 1.25 bits per heavy atom. The number of halogens is 1. The minimum absolute atomic E-state index is 0.254. The normalized spacial score (nSPS) is 10.7. The van der Waals surface area contributed by atoms with Crippen LogP contribution in [0.1, 0.15) is 0 Å². The largest absolute Gasteiger partial charge is 0.232 e. The average Bonchev–Trinajstić information content (AvgIpc) is 3.09. The Balaban J connectivity index is 1.90. The smallest absolute Gasteiger partial charge is 0.123 e. The third-order valence-corrected chi connectivity index (χ3v) is 3.92. The van der Waals surface area contributed by atoms with Gasteiger partial charge in [0.05, 0.1) is 17.1 Å². The van der Waals surface area contributed by atoms with Gasteiger partial charge in [0, 0.05) is 11.1 Å². The molecule has 0 aliphatic rings. The van der Waals surface area contributed by atoms with Crippen LogP contribution in [0.15, 0.2) is 91.0 Å². The molecule has 0 aliphatic heterocycles. The first kappa shape index (κ1) is 14.4. The van der Waals surface area contributed by atoms with Gasteiger partial charge in [-0.05, 0) is 30.3 Å². The van der Waals surface area contributed by atoms with Gasteiger partial charge in [0.2, 0.25) is 0 Å². The highest BCUT2D eigenvalue weighted by atomic mass is 19.1. The average molecular weight is 314 g/mol. The molecule has 1 heterocycles. The van der Waals surface area contributed by atoms with Crippen molar-refractivity contribution in [3.8, 4) is 28.2 Å². The summed E-state index contributed by atoms with van der Waals surface area (Å²) in [4.78, 5) is 0. The van der Waals surface area contributed by atoms with Crippen LogP contribution >= 0.6 is 0 Å². The maximum Gasteiger partial charge on any atom is 0.123 e. The molecule has 0 atom stereocenters. The van der Waals surface area contributed by atoms with E-state index >= 15 is 0 Å². The highest BCUT2D eigenvalue weighted by molar-refractivity contribution is 5.70. The summed E-state index contributed by atoms with van der Waals surface area (Å²) in [5.74, 6) is -0.254. The summed E-state index contributed by atoms with van der Waals surface area (Å²) in [5.41, 5.74) is 4.81. The highest BCUT2D eigenvalue weighted by Crippen LogP contribution is 2.28. The van der Waals surface area contributed by atoms with Gasteiger partial charge >= 0.3 is 0 Å². The zero-order chi connectivity index (χ0) is 16.4. The number of nitrogens with zero attached hydrogens (tertiary/aromatic N) is 2. The quantitative estimate of drug-likeness (QED) is 0.499. The van der Waals surface area contributed by atoms with Gasteiger partial charge < -0.3 is 0 Å². The van der Waals surface area contributed by atoms with E-state index in [-0.39, 0.29) is 5.82 Å². The molecule has 0 amide bonds. The maximum absolute atomic E-state index is 13.3. The van der Waals surface area contributed by atoms with Crippen molar-refractivity contribution in [2.24, 2.45) is 0 Å². The van der Waals surface area contributed by atoms with E-state index in [9.17, 15) is 4.39 Å². The topological polar surface area (TPSA) is 17.8 Å². The molecule has 0 aliphatic carbocycles. The summed E-state index contributed by atoms with van der Waals surface area (Å²) in [6.45, 7) is 0. The lowest BCUT2D eigenvalue weighted by Gasteiger charge is -2.07. The number of rotatable bonds is 3. The number of benzene rings is 3. The summed E-state index contributed by atoms with van der Waals surface area (Å²) < 4.78 is 15.1. The Morgan fingerprint density at radius 3 is 1.88 bits per heavy atom. The predicted molar refractivity (Wildman–Crippen MR) is 94.4 cm³/mol. The first-order valence-corrected chi connectivity index (χ1v) is 7.78. The Kier molecular flexibility index (Phi) is 3.67. The van der Waals surface area contributed by atoms with Crippen LogP contribution in [0.4, 0.5) is 4.39 Å². The van der Waals surface area contributed by atoms with Crippen LogP contribution < -0.4 is 0 Å². The van der Waals surface area contributed by atoms with Crippen LogP contribution in [-0.4, -0.2) is 9.78 Å². The van der Waals surface area contributed by atoms with Crippen LogP contribution in [-0.2, 0) is 0 Å². The fourth-order valence-electron chi connectivity index (χ4n) is 2.72. The van der Waals surface area contributed by atoms with Gasteiger partial charge in [-0.1, -0.05) is 60.7 Å². The summed E-state index contributed by atoms with van der Waals surface area (Å²) in [6, 6.07) is 28.6. The van der Waals surface area contributed by atoms with Gasteiger partial charge in [-0.3, -0.25) is 0 Å². The molecule has 4 aromatic rings. The summed E-state index contributed by atoms with van der Waals surface area (Å²) in [7, 11) is 0. The standard InChI is InChI=1S/C21H15FN2/c22-18-11-13-19(14-12-18)24-21(17-9-5-2-6-10-17)15-20(23-24)16-7-3-1-4-8-16/h1-15H. The van der Waals surface area contributed by atoms with Crippen molar-refractivity contribution < 1.29 is 4.39 Å². The lowest BCUT2D eigenvalue weighted by atomic mass is 10.1. The van der Waals surface area contributed by atoms with E-state index in [1.165, 1.54) is 12.1 Å². The van der Waals surface area contributed by atoms with E-state index in [0.717, 1.165) is 28.2 Å². The predicted octanol–water partition coefficient (Wildman–Crippen LogP) is 5.35. The van der Waals surface area contributed by atoms with Gasteiger partial charge in [-0.15, -0.1) is 0 Å². The Morgan fingerprint density at radius 1 is 0.667 bits per heavy atom. The second-order valence-electron chi connectivity index (χ2n) is 5.54. The van der Waals surface area contributed by atoms with E-state index in [4.69, 9.17) is 5.10 Å². The monoisotopic (exact) mass is 314 g/mol. The van der Waals surface area contributed by atoms with Gasteiger partial charge in [0.15, 0.2) is 0 Å². The first-order valence-electron chi connectivity index (χ1n) is 7.78. The van der Waals surface area contributed by atoms with Crippen molar-refractivity contribution >= 4 is 0 Å². The first-order chi connectivity index (χ1) is 11.8. The summed E-state index contributed by atoms with van der Waals surface area (Å²) in [5, 5.41) is 4.75. The molecule has 0 saturated heterocycles.